The summed E-state index contributed by atoms with van der Waals surface area (Å²) in [5.74, 6) is 0.455. The topological polar surface area (TPSA) is 57.3 Å². The minimum absolute atomic E-state index is 0.00962. The lowest BCUT2D eigenvalue weighted by Gasteiger charge is -2.12. The molecular weight excluding hydrogens is 232 g/mol. The number of rotatable bonds is 3. The number of carbonyl (C=O) groups is 1. The Balaban J connectivity index is 2.29. The number of aryl methyl sites for hydroxylation is 1. The molecule has 0 saturated heterocycles. The lowest BCUT2D eigenvalue weighted by Crippen LogP contribution is -2.06. The van der Waals surface area contributed by atoms with Gasteiger partial charge in [-0.15, -0.1) is 0 Å². The van der Waals surface area contributed by atoms with E-state index < -0.39 is 5.97 Å². The molecule has 5 heteroatoms. The van der Waals surface area contributed by atoms with E-state index in [9.17, 15) is 4.79 Å². The van der Waals surface area contributed by atoms with Gasteiger partial charge in [-0.3, -0.25) is 0 Å². The summed E-state index contributed by atoms with van der Waals surface area (Å²) in [6.45, 7) is 5.96. The van der Waals surface area contributed by atoms with E-state index in [1.807, 2.05) is 25.3 Å². The number of aromatic nitrogens is 2. The molecule has 2 aromatic rings. The molecule has 2 rings (SSSR count). The Bertz CT molecular complexity index is 569. The Morgan fingerprint density at radius 3 is 2.72 bits per heavy atom. The van der Waals surface area contributed by atoms with Crippen molar-refractivity contribution in [1.29, 1.82) is 0 Å². The monoisotopic (exact) mass is 248 g/mol. The smallest absolute Gasteiger partial charge is 0.373 e. The Morgan fingerprint density at radius 1 is 1.44 bits per heavy atom. The van der Waals surface area contributed by atoms with E-state index in [4.69, 9.17) is 4.42 Å². The van der Waals surface area contributed by atoms with Crippen molar-refractivity contribution < 1.29 is 13.9 Å². The first kappa shape index (κ1) is 12.4. The van der Waals surface area contributed by atoms with Crippen LogP contribution in [0.2, 0.25) is 0 Å². The van der Waals surface area contributed by atoms with Gasteiger partial charge in [0.15, 0.2) is 0 Å². The van der Waals surface area contributed by atoms with Crippen molar-refractivity contribution in [3.05, 3.63) is 41.4 Å². The van der Waals surface area contributed by atoms with Crippen molar-refractivity contribution in [2.75, 3.05) is 7.11 Å². The van der Waals surface area contributed by atoms with Crippen molar-refractivity contribution in [2.45, 2.75) is 26.8 Å². The van der Waals surface area contributed by atoms with Crippen LogP contribution in [0.15, 0.2) is 22.9 Å². The summed E-state index contributed by atoms with van der Waals surface area (Å²) in [7, 11) is 1.33. The second-order valence-corrected chi connectivity index (χ2v) is 4.19. The Kier molecular flexibility index (Phi) is 3.23. The number of carbonyl (C=O) groups excluding carboxylic acids is 1. The van der Waals surface area contributed by atoms with Crippen LogP contribution in [0.1, 0.15) is 40.7 Å². The summed E-state index contributed by atoms with van der Waals surface area (Å²) in [6, 6.07) is 3.40. The molecule has 1 atom stereocenters. The average molecular weight is 248 g/mol. The molecular formula is C13H16N2O3. The molecule has 0 bridgehead atoms. The Hall–Kier alpha value is -2.04. The fourth-order valence-electron chi connectivity index (χ4n) is 1.83. The highest BCUT2D eigenvalue weighted by molar-refractivity contribution is 5.86. The highest BCUT2D eigenvalue weighted by Crippen LogP contribution is 2.23. The molecule has 1 unspecified atom stereocenters. The predicted octanol–water partition coefficient (Wildman–Crippen LogP) is 2.49. The number of imidazole rings is 1. The van der Waals surface area contributed by atoms with Gasteiger partial charge in [-0.1, -0.05) is 0 Å². The summed E-state index contributed by atoms with van der Waals surface area (Å²) < 4.78 is 12.1. The standard InChI is InChI=1S/C13H16N2O3/c1-8-9(2)15(7-14-8)10(3)11-5-6-12(18-11)13(16)17-4/h5-7,10H,1-4H3. The van der Waals surface area contributed by atoms with E-state index in [1.165, 1.54) is 7.11 Å². The van der Waals surface area contributed by atoms with Gasteiger partial charge in [0.2, 0.25) is 5.76 Å². The van der Waals surface area contributed by atoms with Gasteiger partial charge >= 0.3 is 5.97 Å². The van der Waals surface area contributed by atoms with E-state index in [0.29, 0.717) is 5.76 Å². The van der Waals surface area contributed by atoms with Crippen LogP contribution in [-0.2, 0) is 4.74 Å². The molecule has 0 spiro atoms. The molecule has 0 aliphatic carbocycles. The van der Waals surface area contributed by atoms with Crippen molar-refractivity contribution in [2.24, 2.45) is 0 Å². The lowest BCUT2D eigenvalue weighted by molar-refractivity contribution is 0.0562. The zero-order chi connectivity index (χ0) is 13.3. The Labute approximate surface area is 105 Å². The van der Waals surface area contributed by atoms with Crippen LogP contribution < -0.4 is 0 Å². The van der Waals surface area contributed by atoms with Crippen molar-refractivity contribution in [3.63, 3.8) is 0 Å². The van der Waals surface area contributed by atoms with Crippen LogP contribution in [-0.4, -0.2) is 22.6 Å². The fraction of sp³-hybridized carbons (Fsp3) is 0.385. The SMILES string of the molecule is COC(=O)c1ccc(C(C)n2cnc(C)c2C)o1. The second-order valence-electron chi connectivity index (χ2n) is 4.19. The summed E-state index contributed by atoms with van der Waals surface area (Å²) in [5.41, 5.74) is 2.07. The van der Waals surface area contributed by atoms with Gasteiger partial charge in [0, 0.05) is 5.69 Å². The predicted molar refractivity (Wildman–Crippen MR) is 65.6 cm³/mol. The molecule has 18 heavy (non-hydrogen) atoms. The van der Waals surface area contributed by atoms with Crippen LogP contribution in [0, 0.1) is 13.8 Å². The highest BCUT2D eigenvalue weighted by atomic mass is 16.5. The summed E-state index contributed by atoms with van der Waals surface area (Å²) in [6.07, 6.45) is 1.77. The lowest BCUT2D eigenvalue weighted by atomic mass is 10.2. The minimum atomic E-state index is -0.466. The third kappa shape index (κ3) is 2.03. The van der Waals surface area contributed by atoms with E-state index in [2.05, 4.69) is 9.72 Å². The van der Waals surface area contributed by atoms with Crippen LogP contribution in [0.25, 0.3) is 0 Å². The van der Waals surface area contributed by atoms with Crippen LogP contribution in [0.3, 0.4) is 0 Å². The highest BCUT2D eigenvalue weighted by Gasteiger charge is 2.18. The van der Waals surface area contributed by atoms with Gasteiger partial charge in [-0.05, 0) is 32.9 Å². The molecule has 5 nitrogen and oxygen atoms in total. The first-order valence-corrected chi connectivity index (χ1v) is 5.72. The van der Waals surface area contributed by atoms with E-state index >= 15 is 0 Å². The van der Waals surface area contributed by atoms with Crippen LogP contribution in [0.5, 0.6) is 0 Å². The van der Waals surface area contributed by atoms with Crippen LogP contribution in [0.4, 0.5) is 0 Å². The first-order chi connectivity index (χ1) is 8.54. The molecule has 2 aromatic heterocycles. The number of nitrogens with zero attached hydrogens (tertiary/aromatic N) is 2. The van der Waals surface area contributed by atoms with Crippen molar-refractivity contribution in [1.82, 2.24) is 9.55 Å². The number of hydrogen-bond donors (Lipinski definition) is 0. The van der Waals surface area contributed by atoms with Gasteiger partial charge in [0.1, 0.15) is 5.76 Å². The molecule has 0 fully saturated rings. The molecule has 0 radical (unpaired) electrons. The molecule has 96 valence electrons. The van der Waals surface area contributed by atoms with Gasteiger partial charge in [0.05, 0.1) is 25.2 Å². The zero-order valence-electron chi connectivity index (χ0n) is 10.9. The summed E-state index contributed by atoms with van der Waals surface area (Å²) in [5, 5.41) is 0. The zero-order valence-corrected chi connectivity index (χ0v) is 10.9. The molecule has 0 aromatic carbocycles. The maximum atomic E-state index is 11.3. The third-order valence-electron chi connectivity index (χ3n) is 3.13. The molecule has 0 amide bonds. The van der Waals surface area contributed by atoms with E-state index in [-0.39, 0.29) is 11.8 Å². The average Bonchev–Trinajstić information content (AvgIpc) is 2.97. The van der Waals surface area contributed by atoms with Crippen molar-refractivity contribution >= 4 is 5.97 Å². The van der Waals surface area contributed by atoms with Gasteiger partial charge < -0.3 is 13.7 Å². The molecule has 2 heterocycles. The fourth-order valence-corrected chi connectivity index (χ4v) is 1.83. The summed E-state index contributed by atoms with van der Waals surface area (Å²) in [4.78, 5) is 15.6. The van der Waals surface area contributed by atoms with E-state index in [0.717, 1.165) is 11.4 Å². The molecule has 0 aliphatic heterocycles. The number of methoxy groups -OCH3 is 1. The molecule has 0 aliphatic rings. The molecule has 0 saturated carbocycles. The quantitative estimate of drug-likeness (QED) is 0.783. The number of ether oxygens (including phenoxy) is 1. The number of hydrogen-bond acceptors (Lipinski definition) is 4. The second kappa shape index (κ2) is 4.68. The summed E-state index contributed by atoms with van der Waals surface area (Å²) >= 11 is 0. The van der Waals surface area contributed by atoms with Gasteiger partial charge in [-0.25, -0.2) is 9.78 Å². The normalized spacial score (nSPS) is 12.4. The Morgan fingerprint density at radius 2 is 2.17 bits per heavy atom. The number of furan rings is 1. The van der Waals surface area contributed by atoms with Gasteiger partial charge in [0.25, 0.3) is 0 Å². The minimum Gasteiger partial charge on any atom is -0.463 e. The molecule has 0 N–H and O–H groups in total. The first-order valence-electron chi connectivity index (χ1n) is 5.72. The number of esters is 1. The van der Waals surface area contributed by atoms with Gasteiger partial charge in [-0.2, -0.15) is 0 Å². The maximum Gasteiger partial charge on any atom is 0.373 e. The largest absolute Gasteiger partial charge is 0.463 e. The van der Waals surface area contributed by atoms with Crippen LogP contribution >= 0.6 is 0 Å². The third-order valence-corrected chi connectivity index (χ3v) is 3.13. The van der Waals surface area contributed by atoms with Crippen molar-refractivity contribution in [3.8, 4) is 0 Å². The van der Waals surface area contributed by atoms with E-state index in [1.54, 1.807) is 18.5 Å². The maximum absolute atomic E-state index is 11.3.